The van der Waals surface area contributed by atoms with Crippen molar-refractivity contribution in [3.8, 4) is 22.9 Å². The average Bonchev–Trinajstić information content (AvgIpc) is 2.73. The predicted octanol–water partition coefficient (Wildman–Crippen LogP) is 6.54. The van der Waals surface area contributed by atoms with Crippen LogP contribution in [0.25, 0.3) is 22.3 Å². The normalized spacial score (nSPS) is 11.0. The Morgan fingerprint density at radius 3 is 2.39 bits per heavy atom. The maximum atomic E-state index is 6.18. The van der Waals surface area contributed by atoms with Crippen molar-refractivity contribution in [2.45, 2.75) is 20.0 Å². The number of ether oxygens (including phenoxy) is 2. The van der Waals surface area contributed by atoms with Gasteiger partial charge in [-0.3, -0.25) is 4.98 Å². The van der Waals surface area contributed by atoms with E-state index in [1.807, 2.05) is 38.1 Å². The first-order chi connectivity index (χ1) is 14.9. The minimum atomic E-state index is -0.0231. The number of nitrogens with one attached hydrogen (secondary N) is 1. The zero-order valence-electron chi connectivity index (χ0n) is 17.2. The van der Waals surface area contributed by atoms with E-state index in [-0.39, 0.29) is 6.10 Å². The van der Waals surface area contributed by atoms with Crippen molar-refractivity contribution in [3.63, 3.8) is 0 Å². The third kappa shape index (κ3) is 4.81. The molecule has 0 aliphatic rings. The largest absolute Gasteiger partial charge is 0.493 e. The van der Waals surface area contributed by atoms with Crippen LogP contribution < -0.4 is 14.8 Å². The molecule has 0 saturated heterocycles. The molecule has 0 unspecified atom stereocenters. The van der Waals surface area contributed by atoms with E-state index >= 15 is 0 Å². The van der Waals surface area contributed by atoms with Gasteiger partial charge in [-0.2, -0.15) is 0 Å². The van der Waals surface area contributed by atoms with Gasteiger partial charge in [-0.25, -0.2) is 9.97 Å². The van der Waals surface area contributed by atoms with E-state index in [4.69, 9.17) is 42.6 Å². The molecule has 0 saturated carbocycles. The van der Waals surface area contributed by atoms with Crippen LogP contribution >= 0.6 is 23.2 Å². The summed E-state index contributed by atoms with van der Waals surface area (Å²) in [5.41, 5.74) is 2.19. The van der Waals surface area contributed by atoms with Gasteiger partial charge in [-0.1, -0.05) is 23.2 Å². The fourth-order valence-electron chi connectivity index (χ4n) is 3.12. The Morgan fingerprint density at radius 1 is 0.968 bits per heavy atom. The minimum absolute atomic E-state index is 0.0231. The Morgan fingerprint density at radius 2 is 1.74 bits per heavy atom. The van der Waals surface area contributed by atoms with Crippen LogP contribution in [0.3, 0.4) is 0 Å². The molecule has 4 rings (SSSR count). The van der Waals surface area contributed by atoms with Gasteiger partial charge < -0.3 is 14.8 Å². The summed E-state index contributed by atoms with van der Waals surface area (Å²) in [5, 5.41) is 5.12. The maximum absolute atomic E-state index is 6.18. The summed E-state index contributed by atoms with van der Waals surface area (Å²) in [6.45, 7) is 3.91. The first-order valence-electron chi connectivity index (χ1n) is 9.63. The zero-order chi connectivity index (χ0) is 22.0. The third-order valence-corrected chi connectivity index (χ3v) is 4.83. The summed E-state index contributed by atoms with van der Waals surface area (Å²) in [7, 11) is 1.60. The number of benzene rings is 2. The summed E-state index contributed by atoms with van der Waals surface area (Å²) < 4.78 is 11.5. The fraction of sp³-hybridized carbons (Fsp3) is 0.174. The molecule has 0 aliphatic heterocycles. The van der Waals surface area contributed by atoms with E-state index in [9.17, 15) is 0 Å². The predicted molar refractivity (Wildman–Crippen MR) is 125 cm³/mol. The van der Waals surface area contributed by atoms with Crippen molar-refractivity contribution in [1.82, 2.24) is 15.0 Å². The lowest BCUT2D eigenvalue weighted by Gasteiger charge is -2.17. The highest BCUT2D eigenvalue weighted by atomic mass is 35.5. The molecule has 2 aromatic heterocycles. The summed E-state index contributed by atoms with van der Waals surface area (Å²) in [6, 6.07) is 12.7. The molecule has 0 atom stereocenters. The number of fused-ring (bicyclic) bond motifs is 1. The number of pyridine rings is 1. The minimum Gasteiger partial charge on any atom is -0.493 e. The highest BCUT2D eigenvalue weighted by Gasteiger charge is 2.16. The molecule has 158 valence electrons. The Kier molecular flexibility index (Phi) is 6.11. The van der Waals surface area contributed by atoms with Gasteiger partial charge in [0, 0.05) is 45.1 Å². The SMILES string of the molecule is COc1cc2nc(-c3cccnc3)nc(Nc3cc(Cl)cc(Cl)c3)c2cc1OC(C)C. The van der Waals surface area contributed by atoms with Crippen molar-refractivity contribution >= 4 is 45.6 Å². The molecule has 0 spiro atoms. The Balaban J connectivity index is 1.92. The van der Waals surface area contributed by atoms with Crippen molar-refractivity contribution in [2.75, 3.05) is 12.4 Å². The second kappa shape index (κ2) is 8.96. The molecular weight excluding hydrogens is 435 g/mol. The second-order valence-corrected chi connectivity index (χ2v) is 7.98. The van der Waals surface area contributed by atoms with E-state index in [0.717, 1.165) is 10.9 Å². The number of rotatable bonds is 6. The van der Waals surface area contributed by atoms with Gasteiger partial charge in [0.15, 0.2) is 17.3 Å². The number of halogens is 2. The van der Waals surface area contributed by atoms with Gasteiger partial charge >= 0.3 is 0 Å². The molecule has 31 heavy (non-hydrogen) atoms. The van der Waals surface area contributed by atoms with E-state index in [0.29, 0.717) is 44.4 Å². The number of hydrogen-bond donors (Lipinski definition) is 1. The summed E-state index contributed by atoms with van der Waals surface area (Å²) in [4.78, 5) is 13.7. The van der Waals surface area contributed by atoms with Crippen LogP contribution in [0.4, 0.5) is 11.5 Å². The first-order valence-corrected chi connectivity index (χ1v) is 10.4. The van der Waals surface area contributed by atoms with Crippen LogP contribution in [0.15, 0.2) is 54.9 Å². The molecule has 6 nitrogen and oxygen atoms in total. The molecule has 1 N–H and O–H groups in total. The van der Waals surface area contributed by atoms with Crippen molar-refractivity contribution in [2.24, 2.45) is 0 Å². The molecule has 8 heteroatoms. The van der Waals surface area contributed by atoms with Gasteiger partial charge in [-0.15, -0.1) is 0 Å². The van der Waals surface area contributed by atoms with Gasteiger partial charge in [0.1, 0.15) is 5.82 Å². The quantitative estimate of drug-likeness (QED) is 0.356. The molecule has 4 aromatic rings. The number of anilines is 2. The van der Waals surface area contributed by atoms with Crippen molar-refractivity contribution in [3.05, 3.63) is 64.9 Å². The average molecular weight is 455 g/mol. The Labute approximate surface area is 190 Å². The lowest BCUT2D eigenvalue weighted by molar-refractivity contribution is 0.230. The van der Waals surface area contributed by atoms with Crippen LogP contribution in [-0.4, -0.2) is 28.2 Å². The smallest absolute Gasteiger partial charge is 0.163 e. The van der Waals surface area contributed by atoms with Gasteiger partial charge in [0.2, 0.25) is 0 Å². The molecule has 0 bridgehead atoms. The Bertz CT molecular complexity index is 1210. The topological polar surface area (TPSA) is 69.2 Å². The molecule has 0 fully saturated rings. The molecule has 2 heterocycles. The molecular formula is C23H20Cl2N4O2. The maximum Gasteiger partial charge on any atom is 0.163 e. The van der Waals surface area contributed by atoms with Crippen molar-refractivity contribution in [1.29, 1.82) is 0 Å². The van der Waals surface area contributed by atoms with E-state index in [1.54, 1.807) is 37.7 Å². The van der Waals surface area contributed by atoms with E-state index in [1.165, 1.54) is 0 Å². The summed E-state index contributed by atoms with van der Waals surface area (Å²) >= 11 is 12.4. The lowest BCUT2D eigenvalue weighted by atomic mass is 10.1. The fourth-order valence-corrected chi connectivity index (χ4v) is 3.65. The number of methoxy groups -OCH3 is 1. The van der Waals surface area contributed by atoms with Crippen molar-refractivity contribution < 1.29 is 9.47 Å². The van der Waals surface area contributed by atoms with Crippen LogP contribution in [0, 0.1) is 0 Å². The standard InChI is InChI=1S/C23H20Cl2N4O2/c1-13(2)31-21-10-18-19(11-20(21)30-3)28-22(14-5-4-6-26-12-14)29-23(18)27-17-8-15(24)7-16(25)9-17/h4-13H,1-3H3,(H,27,28,29). The van der Waals surface area contributed by atoms with Gasteiger partial charge in [0.25, 0.3) is 0 Å². The first kappa shape index (κ1) is 21.2. The zero-order valence-corrected chi connectivity index (χ0v) is 18.7. The molecule has 2 aromatic carbocycles. The Hall–Kier alpha value is -3.09. The molecule has 0 radical (unpaired) electrons. The number of nitrogens with zero attached hydrogens (tertiary/aromatic N) is 3. The van der Waals surface area contributed by atoms with Crippen LogP contribution in [0.2, 0.25) is 10.0 Å². The highest BCUT2D eigenvalue weighted by molar-refractivity contribution is 6.35. The monoisotopic (exact) mass is 454 g/mol. The summed E-state index contributed by atoms with van der Waals surface area (Å²) in [5.74, 6) is 2.30. The second-order valence-electron chi connectivity index (χ2n) is 7.11. The van der Waals surface area contributed by atoms with E-state index < -0.39 is 0 Å². The molecule has 0 amide bonds. The number of hydrogen-bond acceptors (Lipinski definition) is 6. The highest BCUT2D eigenvalue weighted by Crippen LogP contribution is 2.37. The summed E-state index contributed by atoms with van der Waals surface area (Å²) in [6.07, 6.45) is 3.40. The van der Waals surface area contributed by atoms with Crippen LogP contribution in [0.5, 0.6) is 11.5 Å². The van der Waals surface area contributed by atoms with Gasteiger partial charge in [0.05, 0.1) is 18.7 Å². The van der Waals surface area contributed by atoms with Crippen LogP contribution in [0.1, 0.15) is 13.8 Å². The number of aromatic nitrogens is 3. The third-order valence-electron chi connectivity index (χ3n) is 4.39. The van der Waals surface area contributed by atoms with Gasteiger partial charge in [-0.05, 0) is 50.2 Å². The lowest BCUT2D eigenvalue weighted by Crippen LogP contribution is -2.07. The molecule has 0 aliphatic carbocycles. The van der Waals surface area contributed by atoms with Crippen LogP contribution in [-0.2, 0) is 0 Å². The van der Waals surface area contributed by atoms with E-state index in [2.05, 4.69) is 10.3 Å².